The molecule has 0 bridgehead atoms. The van der Waals surface area contributed by atoms with Gasteiger partial charge in [0.15, 0.2) is 0 Å². The van der Waals surface area contributed by atoms with Crippen LogP contribution in [0.3, 0.4) is 0 Å². The highest BCUT2D eigenvalue weighted by atomic mass is 19.1. The summed E-state index contributed by atoms with van der Waals surface area (Å²) in [7, 11) is 0. The summed E-state index contributed by atoms with van der Waals surface area (Å²) in [6.45, 7) is 1.16. The van der Waals surface area contributed by atoms with Crippen molar-refractivity contribution in [1.82, 2.24) is 4.90 Å². The maximum Gasteiger partial charge on any atom is 0.254 e. The summed E-state index contributed by atoms with van der Waals surface area (Å²) in [4.78, 5) is 14.0. The molecule has 1 aliphatic heterocycles. The van der Waals surface area contributed by atoms with Crippen LogP contribution in [0.2, 0.25) is 0 Å². The van der Waals surface area contributed by atoms with Crippen molar-refractivity contribution in [3.8, 4) is 0 Å². The van der Waals surface area contributed by atoms with Crippen LogP contribution >= 0.6 is 0 Å². The van der Waals surface area contributed by atoms with E-state index in [0.29, 0.717) is 19.7 Å². The summed E-state index contributed by atoms with van der Waals surface area (Å²) in [6, 6.07) is 12.4. The number of hydrogen-bond donors (Lipinski definition) is 0. The fraction of sp³-hybridized carbons (Fsp3) is 0.235. The average molecular weight is 303 g/mol. The fourth-order valence-electron chi connectivity index (χ4n) is 2.56. The van der Waals surface area contributed by atoms with E-state index in [-0.39, 0.29) is 17.6 Å². The quantitative estimate of drug-likeness (QED) is 0.853. The molecule has 0 aromatic heterocycles. The number of carbonyl (C=O) groups is 1. The van der Waals surface area contributed by atoms with Gasteiger partial charge in [-0.25, -0.2) is 8.78 Å². The van der Waals surface area contributed by atoms with E-state index >= 15 is 0 Å². The topological polar surface area (TPSA) is 29.5 Å². The molecule has 0 aliphatic carbocycles. The van der Waals surface area contributed by atoms with E-state index in [2.05, 4.69) is 0 Å². The first-order chi connectivity index (χ1) is 10.6. The zero-order chi connectivity index (χ0) is 15.5. The van der Waals surface area contributed by atoms with Crippen molar-refractivity contribution >= 4 is 5.91 Å². The molecule has 5 heteroatoms. The van der Waals surface area contributed by atoms with Gasteiger partial charge in [-0.15, -0.1) is 0 Å². The van der Waals surface area contributed by atoms with Gasteiger partial charge >= 0.3 is 0 Å². The van der Waals surface area contributed by atoms with Gasteiger partial charge in [0.1, 0.15) is 17.7 Å². The lowest BCUT2D eigenvalue weighted by Gasteiger charge is -2.33. The molecule has 0 radical (unpaired) electrons. The second kappa shape index (κ2) is 6.23. The number of nitrogens with zero attached hydrogens (tertiary/aromatic N) is 1. The first-order valence-electron chi connectivity index (χ1n) is 7.05. The van der Waals surface area contributed by atoms with Crippen LogP contribution < -0.4 is 0 Å². The van der Waals surface area contributed by atoms with E-state index < -0.39 is 11.6 Å². The zero-order valence-electron chi connectivity index (χ0n) is 11.8. The van der Waals surface area contributed by atoms with Crippen molar-refractivity contribution in [2.45, 2.75) is 6.10 Å². The number of ether oxygens (including phenoxy) is 1. The Morgan fingerprint density at radius 1 is 1.09 bits per heavy atom. The number of benzene rings is 2. The highest BCUT2D eigenvalue weighted by molar-refractivity contribution is 5.94. The molecule has 3 nitrogen and oxygen atoms in total. The summed E-state index contributed by atoms with van der Waals surface area (Å²) >= 11 is 0. The number of morpholine rings is 1. The second-order valence-corrected chi connectivity index (χ2v) is 5.18. The number of halogens is 2. The molecule has 0 unspecified atom stereocenters. The molecule has 1 heterocycles. The Morgan fingerprint density at radius 3 is 2.45 bits per heavy atom. The lowest BCUT2D eigenvalue weighted by molar-refractivity contribution is -0.0228. The molecule has 1 fully saturated rings. The van der Waals surface area contributed by atoms with Crippen LogP contribution in [0.25, 0.3) is 0 Å². The largest absolute Gasteiger partial charge is 0.370 e. The number of hydrogen-bond acceptors (Lipinski definition) is 2. The molecule has 114 valence electrons. The summed E-state index contributed by atoms with van der Waals surface area (Å²) in [5.74, 6) is -1.89. The number of carbonyl (C=O) groups excluding carboxylic acids is 1. The second-order valence-electron chi connectivity index (χ2n) is 5.18. The SMILES string of the molecule is O=C(c1cc(F)cc(F)c1)N1CCO[C@@H](c2ccccc2)C1. The molecule has 1 saturated heterocycles. The third-order valence-electron chi connectivity index (χ3n) is 3.63. The molecule has 2 aromatic rings. The Labute approximate surface area is 127 Å². The summed E-state index contributed by atoms with van der Waals surface area (Å²) in [6.07, 6.45) is -0.225. The van der Waals surface area contributed by atoms with Crippen LogP contribution in [-0.4, -0.2) is 30.5 Å². The molecule has 2 aromatic carbocycles. The fourth-order valence-corrected chi connectivity index (χ4v) is 2.56. The third kappa shape index (κ3) is 3.14. The van der Waals surface area contributed by atoms with Crippen LogP contribution in [0, 0.1) is 11.6 Å². The Bertz CT molecular complexity index is 655. The number of rotatable bonds is 2. The van der Waals surface area contributed by atoms with Crippen molar-refractivity contribution < 1.29 is 18.3 Å². The van der Waals surface area contributed by atoms with Crippen LogP contribution in [0.4, 0.5) is 8.78 Å². The van der Waals surface area contributed by atoms with Crippen molar-refractivity contribution in [2.24, 2.45) is 0 Å². The lowest BCUT2D eigenvalue weighted by atomic mass is 10.1. The molecule has 1 aliphatic rings. The van der Waals surface area contributed by atoms with E-state index in [9.17, 15) is 13.6 Å². The van der Waals surface area contributed by atoms with E-state index in [1.54, 1.807) is 4.90 Å². The van der Waals surface area contributed by atoms with Gasteiger partial charge in [-0.05, 0) is 17.7 Å². The summed E-state index contributed by atoms with van der Waals surface area (Å²) in [5.41, 5.74) is 0.997. The number of amides is 1. The van der Waals surface area contributed by atoms with E-state index in [1.807, 2.05) is 30.3 Å². The van der Waals surface area contributed by atoms with Crippen molar-refractivity contribution in [3.63, 3.8) is 0 Å². The molecular weight excluding hydrogens is 288 g/mol. The van der Waals surface area contributed by atoms with Gasteiger partial charge in [0.05, 0.1) is 13.2 Å². The molecule has 0 saturated carbocycles. The third-order valence-corrected chi connectivity index (χ3v) is 3.63. The van der Waals surface area contributed by atoms with Crippen LogP contribution in [0.15, 0.2) is 48.5 Å². The Kier molecular flexibility index (Phi) is 4.15. The van der Waals surface area contributed by atoms with Crippen molar-refractivity contribution in [2.75, 3.05) is 19.7 Å². The molecule has 1 amide bonds. The summed E-state index contributed by atoms with van der Waals surface area (Å²) < 4.78 is 32.2. The maximum absolute atomic E-state index is 13.3. The van der Waals surface area contributed by atoms with Crippen LogP contribution in [0.5, 0.6) is 0 Å². The smallest absolute Gasteiger partial charge is 0.254 e. The monoisotopic (exact) mass is 303 g/mol. The Morgan fingerprint density at radius 2 is 1.77 bits per heavy atom. The molecule has 3 rings (SSSR count). The molecule has 1 atom stereocenters. The first-order valence-corrected chi connectivity index (χ1v) is 7.05. The summed E-state index contributed by atoms with van der Waals surface area (Å²) in [5, 5.41) is 0. The Hall–Kier alpha value is -2.27. The minimum atomic E-state index is -0.754. The minimum Gasteiger partial charge on any atom is -0.370 e. The maximum atomic E-state index is 13.3. The molecule has 22 heavy (non-hydrogen) atoms. The minimum absolute atomic E-state index is 0.0196. The van der Waals surface area contributed by atoms with E-state index in [1.165, 1.54) is 0 Å². The highest BCUT2D eigenvalue weighted by Gasteiger charge is 2.26. The predicted molar refractivity (Wildman–Crippen MR) is 77.4 cm³/mol. The first kappa shape index (κ1) is 14.7. The van der Waals surface area contributed by atoms with Gasteiger partial charge in [0.2, 0.25) is 0 Å². The van der Waals surface area contributed by atoms with Gasteiger partial charge in [-0.1, -0.05) is 30.3 Å². The van der Waals surface area contributed by atoms with Crippen LogP contribution in [-0.2, 0) is 4.74 Å². The van der Waals surface area contributed by atoms with E-state index in [4.69, 9.17) is 4.74 Å². The molecule has 0 N–H and O–H groups in total. The van der Waals surface area contributed by atoms with Gasteiger partial charge in [0.25, 0.3) is 5.91 Å². The van der Waals surface area contributed by atoms with Crippen molar-refractivity contribution in [1.29, 1.82) is 0 Å². The van der Waals surface area contributed by atoms with Gasteiger partial charge in [0, 0.05) is 18.2 Å². The van der Waals surface area contributed by atoms with Gasteiger partial charge in [-0.2, -0.15) is 0 Å². The highest BCUT2D eigenvalue weighted by Crippen LogP contribution is 2.23. The average Bonchev–Trinajstić information content (AvgIpc) is 2.54. The van der Waals surface area contributed by atoms with Gasteiger partial charge < -0.3 is 9.64 Å². The van der Waals surface area contributed by atoms with E-state index in [0.717, 1.165) is 23.8 Å². The lowest BCUT2D eigenvalue weighted by Crippen LogP contribution is -2.42. The predicted octanol–water partition coefficient (Wildman–Crippen LogP) is 3.18. The standard InChI is InChI=1S/C17H15F2NO2/c18-14-8-13(9-15(19)10-14)17(21)20-6-7-22-16(11-20)12-4-2-1-3-5-12/h1-5,8-10,16H,6-7,11H2/t16-/m1/s1. The molecular formula is C17H15F2NO2. The Balaban J connectivity index is 1.78. The normalized spacial score (nSPS) is 18.3. The zero-order valence-corrected chi connectivity index (χ0v) is 11.8. The van der Waals surface area contributed by atoms with Crippen molar-refractivity contribution in [3.05, 3.63) is 71.3 Å². The van der Waals surface area contributed by atoms with Gasteiger partial charge in [-0.3, -0.25) is 4.79 Å². The van der Waals surface area contributed by atoms with Crippen LogP contribution in [0.1, 0.15) is 22.0 Å². The molecule has 0 spiro atoms.